The SMILES string of the molecule is O=Cc1ccccc1-c1cnc(C(=O)O)nc1. The summed E-state index contributed by atoms with van der Waals surface area (Å²) >= 11 is 0. The van der Waals surface area contributed by atoms with Crippen LogP contribution in [0.5, 0.6) is 0 Å². The zero-order chi connectivity index (χ0) is 12.3. The molecule has 2 aromatic rings. The fourth-order valence-electron chi connectivity index (χ4n) is 1.44. The number of benzene rings is 1. The van der Waals surface area contributed by atoms with Crippen molar-refractivity contribution in [2.75, 3.05) is 0 Å². The van der Waals surface area contributed by atoms with E-state index in [1.54, 1.807) is 24.3 Å². The number of carboxylic acid groups (broad SMARTS) is 1. The standard InChI is InChI=1S/C12H8N2O3/c15-7-8-3-1-2-4-10(8)9-5-13-11(12(16)17)14-6-9/h1-7H,(H,16,17). The molecule has 0 saturated heterocycles. The van der Waals surface area contributed by atoms with Gasteiger partial charge in [-0.1, -0.05) is 24.3 Å². The molecule has 1 aromatic heterocycles. The van der Waals surface area contributed by atoms with Gasteiger partial charge in [-0.15, -0.1) is 0 Å². The molecule has 0 bridgehead atoms. The van der Waals surface area contributed by atoms with Crippen LogP contribution in [0.1, 0.15) is 21.0 Å². The Kier molecular flexibility index (Phi) is 2.91. The average molecular weight is 228 g/mol. The highest BCUT2D eigenvalue weighted by atomic mass is 16.4. The van der Waals surface area contributed by atoms with E-state index in [0.717, 1.165) is 6.29 Å². The number of carboxylic acids is 1. The Hall–Kier alpha value is -2.56. The zero-order valence-electron chi connectivity index (χ0n) is 8.70. The van der Waals surface area contributed by atoms with Crippen LogP contribution in [0.15, 0.2) is 36.7 Å². The lowest BCUT2D eigenvalue weighted by Crippen LogP contribution is -2.03. The van der Waals surface area contributed by atoms with Gasteiger partial charge in [0.05, 0.1) is 0 Å². The van der Waals surface area contributed by atoms with Crippen molar-refractivity contribution >= 4 is 12.3 Å². The first-order valence-corrected chi connectivity index (χ1v) is 4.82. The van der Waals surface area contributed by atoms with Gasteiger partial charge in [0.15, 0.2) is 6.29 Å². The Morgan fingerprint density at radius 1 is 1.18 bits per heavy atom. The van der Waals surface area contributed by atoms with E-state index in [9.17, 15) is 9.59 Å². The van der Waals surface area contributed by atoms with Crippen molar-refractivity contribution in [3.63, 3.8) is 0 Å². The van der Waals surface area contributed by atoms with E-state index in [1.165, 1.54) is 12.4 Å². The van der Waals surface area contributed by atoms with Gasteiger partial charge in [-0.2, -0.15) is 0 Å². The number of hydrogen-bond donors (Lipinski definition) is 1. The number of carbonyl (C=O) groups excluding carboxylic acids is 1. The van der Waals surface area contributed by atoms with Crippen molar-refractivity contribution in [2.24, 2.45) is 0 Å². The number of hydrogen-bond acceptors (Lipinski definition) is 4. The number of carbonyl (C=O) groups is 2. The highest BCUT2D eigenvalue weighted by Gasteiger charge is 2.08. The lowest BCUT2D eigenvalue weighted by molar-refractivity contribution is 0.0683. The maximum absolute atomic E-state index is 10.8. The first-order valence-electron chi connectivity index (χ1n) is 4.82. The molecule has 0 unspecified atom stereocenters. The maximum atomic E-state index is 10.8. The van der Waals surface area contributed by atoms with Crippen molar-refractivity contribution in [3.8, 4) is 11.1 Å². The minimum atomic E-state index is -1.18. The van der Waals surface area contributed by atoms with Gasteiger partial charge in [0.2, 0.25) is 5.82 Å². The van der Waals surface area contributed by atoms with Crippen molar-refractivity contribution in [2.45, 2.75) is 0 Å². The third-order valence-electron chi connectivity index (χ3n) is 2.24. The van der Waals surface area contributed by atoms with Crippen LogP contribution in [-0.4, -0.2) is 27.3 Å². The van der Waals surface area contributed by atoms with Gasteiger partial charge in [-0.05, 0) is 5.56 Å². The molecule has 17 heavy (non-hydrogen) atoms. The molecule has 5 heteroatoms. The molecule has 0 aliphatic heterocycles. The van der Waals surface area contributed by atoms with E-state index >= 15 is 0 Å². The van der Waals surface area contributed by atoms with Crippen molar-refractivity contribution in [3.05, 3.63) is 48.0 Å². The molecule has 1 N–H and O–H groups in total. The molecule has 0 aliphatic carbocycles. The summed E-state index contributed by atoms with van der Waals surface area (Å²) in [5, 5.41) is 8.67. The summed E-state index contributed by atoms with van der Waals surface area (Å²) in [6.45, 7) is 0. The topological polar surface area (TPSA) is 80.2 Å². The fourth-order valence-corrected chi connectivity index (χ4v) is 1.44. The Labute approximate surface area is 96.8 Å². The van der Waals surface area contributed by atoms with Crippen LogP contribution in [0.3, 0.4) is 0 Å². The van der Waals surface area contributed by atoms with Crippen LogP contribution in [0.2, 0.25) is 0 Å². The molecule has 1 heterocycles. The molecule has 5 nitrogen and oxygen atoms in total. The van der Waals surface area contributed by atoms with Crippen LogP contribution in [0.25, 0.3) is 11.1 Å². The van der Waals surface area contributed by atoms with Gasteiger partial charge in [0.25, 0.3) is 0 Å². The summed E-state index contributed by atoms with van der Waals surface area (Å²) in [4.78, 5) is 28.8. The normalized spacial score (nSPS) is 9.88. The van der Waals surface area contributed by atoms with Crippen molar-refractivity contribution < 1.29 is 14.7 Å². The smallest absolute Gasteiger partial charge is 0.373 e. The molecule has 0 aliphatic rings. The number of aromatic carboxylic acids is 1. The summed E-state index contributed by atoms with van der Waals surface area (Å²) < 4.78 is 0. The third-order valence-corrected chi connectivity index (χ3v) is 2.24. The quantitative estimate of drug-likeness (QED) is 0.808. The molecule has 0 spiro atoms. The zero-order valence-corrected chi connectivity index (χ0v) is 8.70. The largest absolute Gasteiger partial charge is 0.475 e. The average Bonchev–Trinajstić information content (AvgIpc) is 2.39. The summed E-state index contributed by atoms with van der Waals surface area (Å²) in [6.07, 6.45) is 3.51. The Morgan fingerprint density at radius 3 is 2.41 bits per heavy atom. The van der Waals surface area contributed by atoms with Gasteiger partial charge in [-0.3, -0.25) is 4.79 Å². The molecule has 0 atom stereocenters. The predicted molar refractivity (Wildman–Crippen MR) is 59.8 cm³/mol. The highest BCUT2D eigenvalue weighted by Crippen LogP contribution is 2.20. The number of nitrogens with zero attached hydrogens (tertiary/aromatic N) is 2. The van der Waals surface area contributed by atoms with Gasteiger partial charge in [-0.25, -0.2) is 14.8 Å². The van der Waals surface area contributed by atoms with Crippen LogP contribution in [0.4, 0.5) is 0 Å². The van der Waals surface area contributed by atoms with Gasteiger partial charge in [0.1, 0.15) is 0 Å². The predicted octanol–water partition coefficient (Wildman–Crippen LogP) is 1.65. The second kappa shape index (κ2) is 4.52. The highest BCUT2D eigenvalue weighted by molar-refractivity contribution is 5.87. The number of aldehydes is 1. The molecular weight excluding hydrogens is 220 g/mol. The molecular formula is C12H8N2O3. The summed E-state index contributed by atoms with van der Waals surface area (Å²) in [5.74, 6) is -1.45. The second-order valence-corrected chi connectivity index (χ2v) is 3.31. The molecule has 0 radical (unpaired) electrons. The Bertz CT molecular complexity index is 564. The minimum absolute atomic E-state index is 0.266. The first kappa shape index (κ1) is 10.9. The molecule has 2 rings (SSSR count). The van der Waals surface area contributed by atoms with Crippen LogP contribution in [0, 0.1) is 0 Å². The first-order chi connectivity index (χ1) is 8.22. The van der Waals surface area contributed by atoms with Crippen molar-refractivity contribution in [1.82, 2.24) is 9.97 Å². The molecule has 0 amide bonds. The fraction of sp³-hybridized carbons (Fsp3) is 0. The maximum Gasteiger partial charge on any atom is 0.373 e. The van der Waals surface area contributed by atoms with E-state index in [2.05, 4.69) is 9.97 Å². The van der Waals surface area contributed by atoms with E-state index in [4.69, 9.17) is 5.11 Å². The van der Waals surface area contributed by atoms with E-state index in [0.29, 0.717) is 16.7 Å². The van der Waals surface area contributed by atoms with Gasteiger partial charge >= 0.3 is 5.97 Å². The van der Waals surface area contributed by atoms with E-state index in [1.807, 2.05) is 0 Å². The summed E-state index contributed by atoms with van der Waals surface area (Å²) in [7, 11) is 0. The van der Waals surface area contributed by atoms with E-state index in [-0.39, 0.29) is 5.82 Å². The van der Waals surface area contributed by atoms with Crippen LogP contribution < -0.4 is 0 Å². The summed E-state index contributed by atoms with van der Waals surface area (Å²) in [5.41, 5.74) is 1.80. The van der Waals surface area contributed by atoms with Crippen molar-refractivity contribution in [1.29, 1.82) is 0 Å². The van der Waals surface area contributed by atoms with Gasteiger partial charge < -0.3 is 5.11 Å². The number of rotatable bonds is 3. The summed E-state index contributed by atoms with van der Waals surface area (Å²) in [6, 6.07) is 6.96. The van der Waals surface area contributed by atoms with Crippen LogP contribution in [-0.2, 0) is 0 Å². The molecule has 84 valence electrons. The molecule has 0 fully saturated rings. The minimum Gasteiger partial charge on any atom is -0.475 e. The lowest BCUT2D eigenvalue weighted by Gasteiger charge is -2.03. The van der Waals surface area contributed by atoms with E-state index < -0.39 is 5.97 Å². The van der Waals surface area contributed by atoms with Gasteiger partial charge in [0, 0.05) is 23.5 Å². The monoisotopic (exact) mass is 228 g/mol. The second-order valence-electron chi connectivity index (χ2n) is 3.31. The number of aromatic nitrogens is 2. The Morgan fingerprint density at radius 2 is 1.82 bits per heavy atom. The third kappa shape index (κ3) is 2.17. The molecule has 0 saturated carbocycles. The molecule has 1 aromatic carbocycles. The van der Waals surface area contributed by atoms with Crippen LogP contribution >= 0.6 is 0 Å². The lowest BCUT2D eigenvalue weighted by atomic mass is 10.0. The Balaban J connectivity index is 2.46.